The van der Waals surface area contributed by atoms with Crippen molar-refractivity contribution >= 4 is 17.2 Å². The Morgan fingerprint density at radius 1 is 1.07 bits per heavy atom. The Bertz CT molecular complexity index is 1310. The molecular formula is C35H49F2N5. The van der Waals surface area contributed by atoms with Gasteiger partial charge in [-0.3, -0.25) is 10.1 Å². The van der Waals surface area contributed by atoms with E-state index < -0.39 is 5.92 Å². The number of aliphatic imine (C=N–C) groups is 1. The summed E-state index contributed by atoms with van der Waals surface area (Å²) in [5.74, 6) is -0.564. The van der Waals surface area contributed by atoms with Gasteiger partial charge in [0.1, 0.15) is 5.84 Å². The van der Waals surface area contributed by atoms with Gasteiger partial charge in [-0.05, 0) is 95.8 Å². The maximum absolute atomic E-state index is 13.6. The maximum atomic E-state index is 13.6. The lowest BCUT2D eigenvalue weighted by molar-refractivity contribution is 0.00631. The molecule has 0 spiro atoms. The number of aromatic nitrogens is 2. The number of aryl methyl sites for hydroxylation is 2. The number of fused-ring (bicyclic) bond motifs is 2. The predicted molar refractivity (Wildman–Crippen MR) is 170 cm³/mol. The summed E-state index contributed by atoms with van der Waals surface area (Å²) in [6, 6.07) is 10.3. The van der Waals surface area contributed by atoms with Crippen molar-refractivity contribution in [2.75, 3.05) is 11.4 Å². The van der Waals surface area contributed by atoms with Crippen LogP contribution in [0.2, 0.25) is 0 Å². The number of allylic oxidation sites excluding steroid dienone is 1. The fourth-order valence-electron chi connectivity index (χ4n) is 7.42. The second-order valence-electron chi connectivity index (χ2n) is 13.3. The van der Waals surface area contributed by atoms with Gasteiger partial charge in [-0.2, -0.15) is 5.10 Å². The maximum Gasteiger partial charge on any atom is 0.248 e. The van der Waals surface area contributed by atoms with Crippen LogP contribution < -0.4 is 4.90 Å². The summed E-state index contributed by atoms with van der Waals surface area (Å²) in [5, 5.41) is 12.5. The van der Waals surface area contributed by atoms with Gasteiger partial charge in [0.25, 0.3) is 0 Å². The molecule has 228 valence electrons. The van der Waals surface area contributed by atoms with E-state index in [-0.39, 0.29) is 18.8 Å². The van der Waals surface area contributed by atoms with Crippen LogP contribution in [0, 0.1) is 28.6 Å². The average molecular weight is 578 g/mol. The fourth-order valence-corrected chi connectivity index (χ4v) is 7.42. The molecule has 1 atom stereocenters. The fraction of sp³-hybridized carbons (Fsp3) is 0.629. The first-order valence-electron chi connectivity index (χ1n) is 16.2. The molecule has 0 saturated heterocycles. The Hall–Kier alpha value is -2.83. The smallest absolute Gasteiger partial charge is 0.248 e. The van der Waals surface area contributed by atoms with Crippen LogP contribution in [0.4, 0.5) is 14.5 Å². The Balaban J connectivity index is 0.000000196. The molecular weight excluding hydrogens is 528 g/mol. The second kappa shape index (κ2) is 12.4. The van der Waals surface area contributed by atoms with E-state index in [1.807, 2.05) is 36.9 Å². The third-order valence-electron chi connectivity index (χ3n) is 10.2. The second-order valence-corrected chi connectivity index (χ2v) is 13.3. The molecule has 2 bridgehead atoms. The Morgan fingerprint density at radius 2 is 1.81 bits per heavy atom. The van der Waals surface area contributed by atoms with Crippen molar-refractivity contribution in [1.82, 2.24) is 9.78 Å². The number of nitrogens with one attached hydrogen (secondary N) is 1. The lowest BCUT2D eigenvalue weighted by Crippen LogP contribution is -2.26. The summed E-state index contributed by atoms with van der Waals surface area (Å²) in [7, 11) is 1.97. The molecule has 1 heterocycles. The van der Waals surface area contributed by atoms with Gasteiger partial charge in [-0.15, -0.1) is 0 Å². The van der Waals surface area contributed by atoms with Crippen molar-refractivity contribution in [2.45, 2.75) is 104 Å². The number of hydrogen-bond donors (Lipinski definition) is 1. The number of benzene rings is 1. The minimum absolute atomic E-state index is 0.0393. The number of anilines is 1. The first kappa shape index (κ1) is 30.6. The van der Waals surface area contributed by atoms with E-state index in [1.54, 1.807) is 0 Å². The molecule has 1 N–H and O–H groups in total. The molecule has 0 radical (unpaired) electrons. The molecule has 1 aromatic heterocycles. The van der Waals surface area contributed by atoms with Crippen LogP contribution >= 0.6 is 0 Å². The molecule has 4 fully saturated rings. The molecule has 7 heteroatoms. The Kier molecular flexibility index (Phi) is 9.05. The van der Waals surface area contributed by atoms with E-state index in [0.29, 0.717) is 30.1 Å². The topological polar surface area (TPSA) is 57.3 Å². The van der Waals surface area contributed by atoms with Crippen molar-refractivity contribution in [1.29, 1.82) is 5.41 Å². The van der Waals surface area contributed by atoms with Gasteiger partial charge in [0, 0.05) is 72.0 Å². The summed E-state index contributed by atoms with van der Waals surface area (Å²) >= 11 is 0. The summed E-state index contributed by atoms with van der Waals surface area (Å²) < 4.78 is 29.2. The van der Waals surface area contributed by atoms with Gasteiger partial charge >= 0.3 is 0 Å². The normalized spacial score (nSPS) is 26.2. The van der Waals surface area contributed by atoms with Crippen molar-refractivity contribution in [3.63, 3.8) is 0 Å². The molecule has 42 heavy (non-hydrogen) atoms. The number of hydrogen-bond acceptors (Lipinski definition) is 3. The van der Waals surface area contributed by atoms with Crippen LogP contribution in [-0.4, -0.2) is 33.8 Å². The highest BCUT2D eigenvalue weighted by molar-refractivity contribution is 6.00. The van der Waals surface area contributed by atoms with Gasteiger partial charge in [0.15, 0.2) is 0 Å². The van der Waals surface area contributed by atoms with Gasteiger partial charge in [0.05, 0.1) is 5.69 Å². The van der Waals surface area contributed by atoms with Gasteiger partial charge in [-0.1, -0.05) is 32.1 Å². The first-order chi connectivity index (χ1) is 20.0. The molecule has 4 aliphatic rings. The molecule has 5 nitrogen and oxygen atoms in total. The first-order valence-corrected chi connectivity index (χ1v) is 16.2. The highest BCUT2D eigenvalue weighted by Gasteiger charge is 2.47. The number of alkyl halides is 2. The van der Waals surface area contributed by atoms with Crippen molar-refractivity contribution in [3.05, 3.63) is 48.3 Å². The summed E-state index contributed by atoms with van der Waals surface area (Å²) in [4.78, 5) is 6.65. The molecule has 4 aliphatic carbocycles. The number of halogens is 2. The van der Waals surface area contributed by atoms with Gasteiger partial charge in [0.2, 0.25) is 5.92 Å². The molecule has 2 aromatic rings. The van der Waals surface area contributed by atoms with Gasteiger partial charge in [-0.25, -0.2) is 13.8 Å². The molecule has 0 amide bonds. The third-order valence-corrected chi connectivity index (χ3v) is 10.2. The zero-order valence-electron chi connectivity index (χ0n) is 26.1. The number of amidine groups is 1. The van der Waals surface area contributed by atoms with Crippen LogP contribution in [0.5, 0.6) is 0 Å². The van der Waals surface area contributed by atoms with Crippen LogP contribution in [0.1, 0.15) is 97.1 Å². The standard InChI is InChI=1S/C22H29F2N3.C13H20N2/c1-5-8-19-14-21(25-26(19)4)17-9-7-10-20(13-17)27(6-2)16(3)18-11-12-22(23,24)15-18;1-9(15-12(14)11-2-3-11)13-6-4-10(8-13)5-7-13/h7,9-10,13-14,18H,3,5-6,8,11-12,15H2,1-2,4H3;10-11,14H,2-8H2,1H3. The lowest BCUT2D eigenvalue weighted by atomic mass is 9.80. The largest absolute Gasteiger partial charge is 0.346 e. The molecule has 4 saturated carbocycles. The van der Waals surface area contributed by atoms with Crippen LogP contribution in [0.3, 0.4) is 0 Å². The molecule has 1 aromatic carbocycles. The summed E-state index contributed by atoms with van der Waals surface area (Å²) in [6.45, 7) is 11.2. The minimum atomic E-state index is -2.56. The van der Waals surface area contributed by atoms with E-state index in [1.165, 1.54) is 56.4 Å². The van der Waals surface area contributed by atoms with E-state index in [2.05, 4.69) is 47.6 Å². The van der Waals surface area contributed by atoms with Crippen LogP contribution in [0.15, 0.2) is 47.6 Å². The highest BCUT2D eigenvalue weighted by atomic mass is 19.3. The van der Waals surface area contributed by atoms with Crippen molar-refractivity contribution in [2.24, 2.45) is 35.2 Å². The SMILES string of the molecule is C=C(C1CCC(F)(F)C1)N(CC)c1cccc(-c2cc(CCC)n(C)n2)c1.CC(=NC(=N)C1CC1)C12CCC(CC1)C2. The van der Waals surface area contributed by atoms with Crippen molar-refractivity contribution in [3.8, 4) is 11.3 Å². The molecule has 0 aliphatic heterocycles. The summed E-state index contributed by atoms with van der Waals surface area (Å²) in [6.07, 6.45) is 11.7. The monoisotopic (exact) mass is 577 g/mol. The highest BCUT2D eigenvalue weighted by Crippen LogP contribution is 2.55. The Labute approximate surface area is 251 Å². The van der Waals surface area contributed by atoms with E-state index in [0.717, 1.165) is 41.4 Å². The van der Waals surface area contributed by atoms with E-state index >= 15 is 0 Å². The number of rotatable bonds is 9. The van der Waals surface area contributed by atoms with Crippen LogP contribution in [-0.2, 0) is 13.5 Å². The van der Waals surface area contributed by atoms with E-state index in [9.17, 15) is 8.78 Å². The quantitative estimate of drug-likeness (QED) is 0.239. The van der Waals surface area contributed by atoms with E-state index in [4.69, 9.17) is 5.41 Å². The van der Waals surface area contributed by atoms with Crippen molar-refractivity contribution < 1.29 is 8.78 Å². The third kappa shape index (κ3) is 6.70. The predicted octanol–water partition coefficient (Wildman–Crippen LogP) is 9.23. The Morgan fingerprint density at radius 3 is 2.38 bits per heavy atom. The lowest BCUT2D eigenvalue weighted by Gasteiger charge is -2.29. The molecule has 6 rings (SSSR count). The van der Waals surface area contributed by atoms with Gasteiger partial charge < -0.3 is 4.90 Å². The average Bonchev–Trinajstić information content (AvgIpc) is 3.25. The zero-order chi connectivity index (χ0) is 30.1. The van der Waals surface area contributed by atoms with Crippen LogP contribution in [0.25, 0.3) is 11.3 Å². The zero-order valence-corrected chi connectivity index (χ0v) is 26.1. The number of nitrogens with zero attached hydrogens (tertiary/aromatic N) is 4. The molecule has 1 unspecified atom stereocenters. The minimum Gasteiger partial charge on any atom is -0.346 e. The summed E-state index contributed by atoms with van der Waals surface area (Å²) in [5.41, 5.74) is 6.66.